The maximum atomic E-state index is 13.7. The van der Waals surface area contributed by atoms with E-state index in [2.05, 4.69) is 11.0 Å². The molecule has 0 saturated carbocycles. The number of carbonyl (C=O) groups excluding carboxylic acids is 1. The number of hydrogen-bond donors (Lipinski definition) is 0. The van der Waals surface area contributed by atoms with Crippen LogP contribution in [-0.2, 0) is 16.1 Å². The van der Waals surface area contributed by atoms with Crippen LogP contribution in [0.15, 0.2) is 42.5 Å². The molecule has 0 aromatic heterocycles. The number of rotatable bonds is 4. The normalized spacial score (nSPS) is 22.9. The van der Waals surface area contributed by atoms with Gasteiger partial charge in [0.15, 0.2) is 0 Å². The Bertz CT molecular complexity index is 903. The summed E-state index contributed by atoms with van der Waals surface area (Å²) in [6.07, 6.45) is 1.87. The minimum absolute atomic E-state index is 0.0259. The number of ether oxygens (including phenoxy) is 2. The van der Waals surface area contributed by atoms with Gasteiger partial charge in [0.2, 0.25) is 0 Å². The number of carbonyl (C=O) groups is 1. The molecule has 29 heavy (non-hydrogen) atoms. The number of nitrogens with zero attached hydrogens (tertiary/aromatic N) is 2. The second-order valence-corrected chi connectivity index (χ2v) is 8.01. The van der Waals surface area contributed by atoms with Crippen molar-refractivity contribution in [2.75, 3.05) is 38.3 Å². The first-order valence-electron chi connectivity index (χ1n) is 10.0. The fourth-order valence-corrected chi connectivity index (χ4v) is 4.54. The molecule has 2 fully saturated rings. The molecule has 0 aliphatic carbocycles. The fourth-order valence-electron chi connectivity index (χ4n) is 4.54. The standard InChI is InChI=1S/C23H27FN2O3/c1-17-6-3-7-18(22(17)28-2)13-25-11-5-10-23(15-25)16-26(21(27)14-29-23)20-9-4-8-19(24)12-20/h3-4,6-9,12H,5,10-11,13-16H2,1-2H3. The van der Waals surface area contributed by atoms with Crippen LogP contribution < -0.4 is 9.64 Å². The molecule has 2 heterocycles. The van der Waals surface area contributed by atoms with Gasteiger partial charge in [0.05, 0.1) is 19.3 Å². The van der Waals surface area contributed by atoms with Crippen LogP contribution >= 0.6 is 0 Å². The number of morpholine rings is 1. The summed E-state index contributed by atoms with van der Waals surface area (Å²) in [6, 6.07) is 12.4. The van der Waals surface area contributed by atoms with E-state index in [4.69, 9.17) is 9.47 Å². The van der Waals surface area contributed by atoms with Gasteiger partial charge in [-0.3, -0.25) is 9.69 Å². The maximum Gasteiger partial charge on any atom is 0.253 e. The highest BCUT2D eigenvalue weighted by atomic mass is 19.1. The lowest BCUT2D eigenvalue weighted by Gasteiger charge is -2.47. The Hall–Kier alpha value is -2.44. The van der Waals surface area contributed by atoms with Crippen molar-refractivity contribution in [2.45, 2.75) is 31.9 Å². The van der Waals surface area contributed by atoms with Crippen molar-refractivity contribution in [1.82, 2.24) is 4.90 Å². The van der Waals surface area contributed by atoms with Gasteiger partial charge in [-0.15, -0.1) is 0 Å². The van der Waals surface area contributed by atoms with Crippen LogP contribution in [0.5, 0.6) is 5.75 Å². The minimum Gasteiger partial charge on any atom is -0.496 e. The molecular weight excluding hydrogens is 371 g/mol. The monoisotopic (exact) mass is 398 g/mol. The molecule has 5 nitrogen and oxygen atoms in total. The van der Waals surface area contributed by atoms with Gasteiger partial charge in [-0.1, -0.05) is 24.3 Å². The van der Waals surface area contributed by atoms with Gasteiger partial charge in [0, 0.05) is 24.3 Å². The number of anilines is 1. The van der Waals surface area contributed by atoms with Crippen molar-refractivity contribution in [3.05, 3.63) is 59.4 Å². The number of methoxy groups -OCH3 is 1. The Morgan fingerprint density at radius 3 is 2.83 bits per heavy atom. The van der Waals surface area contributed by atoms with E-state index in [-0.39, 0.29) is 18.3 Å². The molecule has 2 aliphatic heterocycles. The average Bonchev–Trinajstić information content (AvgIpc) is 2.70. The van der Waals surface area contributed by atoms with Crippen LogP contribution in [0.25, 0.3) is 0 Å². The second-order valence-electron chi connectivity index (χ2n) is 8.01. The van der Waals surface area contributed by atoms with Gasteiger partial charge in [0.1, 0.15) is 18.2 Å². The molecule has 0 radical (unpaired) electrons. The number of halogens is 1. The summed E-state index contributed by atoms with van der Waals surface area (Å²) in [5.74, 6) is 0.458. The van der Waals surface area contributed by atoms with E-state index in [0.29, 0.717) is 12.2 Å². The van der Waals surface area contributed by atoms with Crippen molar-refractivity contribution in [3.63, 3.8) is 0 Å². The van der Waals surface area contributed by atoms with Gasteiger partial charge in [-0.25, -0.2) is 4.39 Å². The summed E-state index contributed by atoms with van der Waals surface area (Å²) < 4.78 is 25.4. The van der Waals surface area contributed by atoms with E-state index >= 15 is 0 Å². The van der Waals surface area contributed by atoms with Crippen LogP contribution in [0.4, 0.5) is 10.1 Å². The predicted molar refractivity (Wildman–Crippen MR) is 110 cm³/mol. The first kappa shape index (κ1) is 19.9. The van der Waals surface area contributed by atoms with Gasteiger partial charge >= 0.3 is 0 Å². The van der Waals surface area contributed by atoms with Crippen LogP contribution in [0.1, 0.15) is 24.0 Å². The van der Waals surface area contributed by atoms with E-state index < -0.39 is 5.60 Å². The largest absolute Gasteiger partial charge is 0.496 e. The third-order valence-corrected chi connectivity index (χ3v) is 5.88. The first-order chi connectivity index (χ1) is 14.0. The van der Waals surface area contributed by atoms with Crippen LogP contribution in [0.3, 0.4) is 0 Å². The summed E-state index contributed by atoms with van der Waals surface area (Å²) in [7, 11) is 1.70. The lowest BCUT2D eigenvalue weighted by Crippen LogP contribution is -2.61. The molecule has 0 bridgehead atoms. The number of para-hydroxylation sites is 1. The van der Waals surface area contributed by atoms with Crippen molar-refractivity contribution < 1.29 is 18.7 Å². The summed E-state index contributed by atoms with van der Waals surface area (Å²) in [6.45, 7) is 4.98. The third kappa shape index (κ3) is 4.14. The summed E-state index contributed by atoms with van der Waals surface area (Å²) in [4.78, 5) is 16.5. The zero-order valence-corrected chi connectivity index (χ0v) is 17.0. The molecule has 1 unspecified atom stereocenters. The Morgan fingerprint density at radius 2 is 2.03 bits per heavy atom. The molecule has 6 heteroatoms. The van der Waals surface area contributed by atoms with Crippen LogP contribution in [0.2, 0.25) is 0 Å². The molecule has 0 N–H and O–H groups in total. The van der Waals surface area contributed by atoms with E-state index in [9.17, 15) is 9.18 Å². The maximum absolute atomic E-state index is 13.7. The zero-order valence-electron chi connectivity index (χ0n) is 17.0. The first-order valence-corrected chi connectivity index (χ1v) is 10.0. The number of benzene rings is 2. The SMILES string of the molecule is COc1c(C)cccc1CN1CCCC2(C1)CN(c1cccc(F)c1)C(=O)CO2. The van der Waals surface area contributed by atoms with Gasteiger partial charge in [-0.05, 0) is 50.1 Å². The molecule has 4 rings (SSSR count). The van der Waals surface area contributed by atoms with Crippen LogP contribution in [0, 0.1) is 12.7 Å². The fraction of sp³-hybridized carbons (Fsp3) is 0.435. The molecule has 154 valence electrons. The summed E-state index contributed by atoms with van der Waals surface area (Å²) in [5, 5.41) is 0. The Labute approximate surface area is 171 Å². The van der Waals surface area contributed by atoms with Crippen molar-refractivity contribution >= 4 is 11.6 Å². The van der Waals surface area contributed by atoms with Gasteiger partial charge in [0.25, 0.3) is 5.91 Å². The number of aryl methyl sites for hydroxylation is 1. The predicted octanol–water partition coefficient (Wildman–Crippen LogP) is 3.54. The highest BCUT2D eigenvalue weighted by molar-refractivity contribution is 5.95. The quantitative estimate of drug-likeness (QED) is 0.790. The molecule has 1 atom stereocenters. The summed E-state index contributed by atoms with van der Waals surface area (Å²) in [5.41, 5.74) is 2.43. The lowest BCUT2D eigenvalue weighted by atomic mass is 9.90. The topological polar surface area (TPSA) is 42.0 Å². The smallest absolute Gasteiger partial charge is 0.253 e. The van der Waals surface area contributed by atoms with Crippen molar-refractivity contribution in [3.8, 4) is 5.75 Å². The summed E-state index contributed by atoms with van der Waals surface area (Å²) >= 11 is 0. The Morgan fingerprint density at radius 1 is 1.21 bits per heavy atom. The number of hydrogen-bond acceptors (Lipinski definition) is 4. The highest BCUT2D eigenvalue weighted by Gasteiger charge is 2.43. The number of amides is 1. The molecule has 2 aromatic rings. The van der Waals surface area contributed by atoms with Gasteiger partial charge < -0.3 is 14.4 Å². The third-order valence-electron chi connectivity index (χ3n) is 5.88. The van der Waals surface area contributed by atoms with Crippen molar-refractivity contribution in [2.24, 2.45) is 0 Å². The molecular formula is C23H27FN2O3. The molecule has 1 spiro atoms. The van der Waals surface area contributed by atoms with E-state index in [1.54, 1.807) is 24.1 Å². The molecule has 2 aromatic carbocycles. The molecule has 2 saturated heterocycles. The minimum atomic E-state index is -0.435. The number of likely N-dealkylation sites (tertiary alicyclic amines) is 1. The van der Waals surface area contributed by atoms with Gasteiger partial charge in [-0.2, -0.15) is 0 Å². The van der Waals surface area contributed by atoms with Crippen molar-refractivity contribution in [1.29, 1.82) is 0 Å². The van der Waals surface area contributed by atoms with E-state index in [1.165, 1.54) is 12.1 Å². The van der Waals surface area contributed by atoms with E-state index in [1.807, 2.05) is 19.1 Å². The second kappa shape index (κ2) is 8.13. The Kier molecular flexibility index (Phi) is 5.56. The zero-order chi connectivity index (χ0) is 20.4. The molecule has 2 aliphatic rings. The average molecular weight is 398 g/mol. The molecule has 1 amide bonds. The Balaban J connectivity index is 1.52. The van der Waals surface area contributed by atoms with E-state index in [0.717, 1.165) is 49.4 Å². The number of piperidine rings is 1. The van der Waals surface area contributed by atoms with Crippen LogP contribution in [-0.4, -0.2) is 49.8 Å². The lowest BCUT2D eigenvalue weighted by molar-refractivity contribution is -0.146. The highest BCUT2D eigenvalue weighted by Crippen LogP contribution is 2.33.